The minimum absolute atomic E-state index is 0.0630. The highest BCUT2D eigenvalue weighted by atomic mass is 16.7. The molecule has 3 atom stereocenters. The molecule has 0 saturated carbocycles. The van der Waals surface area contributed by atoms with Crippen LogP contribution in [0, 0.1) is 16.7 Å². The van der Waals surface area contributed by atoms with Gasteiger partial charge in [0.1, 0.15) is 11.6 Å². The average molecular weight is 568 g/mol. The highest BCUT2D eigenvalue weighted by Crippen LogP contribution is 2.32. The second-order valence-electron chi connectivity index (χ2n) is 12.6. The van der Waals surface area contributed by atoms with E-state index in [9.17, 15) is 24.3 Å². The molecule has 0 heterocycles. The Morgan fingerprint density at radius 1 is 0.875 bits per heavy atom. The summed E-state index contributed by atoms with van der Waals surface area (Å²) in [5.74, 6) is -2.40. The number of esters is 1. The summed E-state index contributed by atoms with van der Waals surface area (Å²) in [6.45, 7) is 16.5. The first-order valence-electron chi connectivity index (χ1n) is 13.3. The number of hydrogen-bond donors (Lipinski definition) is 2. The standard InChI is InChI=1S/C29H45NO10/c1-10-18(2)23(31)38-19(3)14-29(30,24(32)33)15-20-11-12-21(39-25(34)36-16-27(4,5)6)22(13-20)40-26(35)37-17-28(7,8)9/h11-13,18-19H,10,14-17,30H2,1-9H3,(H,32,33)/t18?,19-,29?/m0/s1. The summed E-state index contributed by atoms with van der Waals surface area (Å²) in [5.41, 5.74) is 4.18. The monoisotopic (exact) mass is 567 g/mol. The lowest BCUT2D eigenvalue weighted by Gasteiger charge is -2.28. The van der Waals surface area contributed by atoms with Crippen LogP contribution in [-0.2, 0) is 30.2 Å². The van der Waals surface area contributed by atoms with Crippen LogP contribution in [0.2, 0.25) is 0 Å². The van der Waals surface area contributed by atoms with E-state index in [2.05, 4.69) is 0 Å². The molecule has 0 aromatic heterocycles. The first-order valence-corrected chi connectivity index (χ1v) is 13.3. The number of rotatable bonds is 12. The molecule has 0 spiro atoms. The fraction of sp³-hybridized carbons (Fsp3) is 0.655. The van der Waals surface area contributed by atoms with Crippen molar-refractivity contribution in [2.45, 2.75) is 93.2 Å². The van der Waals surface area contributed by atoms with Gasteiger partial charge in [-0.1, -0.05) is 61.5 Å². The quantitative estimate of drug-likeness (QED) is 0.186. The fourth-order valence-electron chi connectivity index (χ4n) is 3.25. The number of nitrogens with two attached hydrogens (primary N) is 1. The van der Waals surface area contributed by atoms with Gasteiger partial charge in [0.25, 0.3) is 0 Å². The van der Waals surface area contributed by atoms with Crippen molar-refractivity contribution in [3.8, 4) is 11.5 Å². The summed E-state index contributed by atoms with van der Waals surface area (Å²) < 4.78 is 26.3. The smallest absolute Gasteiger partial charge is 0.480 e. The van der Waals surface area contributed by atoms with Crippen LogP contribution >= 0.6 is 0 Å². The number of carbonyl (C=O) groups is 4. The summed E-state index contributed by atoms with van der Waals surface area (Å²) in [6.07, 6.45) is -2.63. The van der Waals surface area contributed by atoms with E-state index in [1.807, 2.05) is 48.5 Å². The SMILES string of the molecule is CCC(C)C(=O)O[C@@H](C)CC(N)(Cc1ccc(OC(=O)OCC(C)(C)C)c(OC(=O)OCC(C)(C)C)c1)C(=O)O. The van der Waals surface area contributed by atoms with Gasteiger partial charge in [0.15, 0.2) is 11.5 Å². The summed E-state index contributed by atoms with van der Waals surface area (Å²) in [5, 5.41) is 9.93. The molecule has 0 radical (unpaired) electrons. The molecule has 0 saturated heterocycles. The van der Waals surface area contributed by atoms with E-state index in [1.165, 1.54) is 18.2 Å². The first kappa shape index (κ1) is 34.7. The van der Waals surface area contributed by atoms with Crippen LogP contribution in [0.15, 0.2) is 18.2 Å². The van der Waals surface area contributed by atoms with Gasteiger partial charge < -0.3 is 34.5 Å². The van der Waals surface area contributed by atoms with Crippen molar-refractivity contribution >= 4 is 24.2 Å². The van der Waals surface area contributed by atoms with Crippen molar-refractivity contribution in [2.75, 3.05) is 13.2 Å². The van der Waals surface area contributed by atoms with Crippen LogP contribution in [0.25, 0.3) is 0 Å². The Labute approximate surface area is 236 Å². The van der Waals surface area contributed by atoms with E-state index in [0.717, 1.165) is 0 Å². The molecule has 0 fully saturated rings. The maximum Gasteiger partial charge on any atom is 0.513 e. The Balaban J connectivity index is 3.22. The normalized spacial score (nSPS) is 14.8. The molecular weight excluding hydrogens is 522 g/mol. The second-order valence-corrected chi connectivity index (χ2v) is 12.6. The number of aliphatic carboxylic acids is 1. The van der Waals surface area contributed by atoms with Gasteiger partial charge in [-0.3, -0.25) is 9.59 Å². The van der Waals surface area contributed by atoms with Crippen LogP contribution in [0.4, 0.5) is 9.59 Å². The molecule has 1 aromatic rings. The van der Waals surface area contributed by atoms with Crippen molar-refractivity contribution in [1.29, 1.82) is 0 Å². The molecule has 11 nitrogen and oxygen atoms in total. The van der Waals surface area contributed by atoms with E-state index in [-0.39, 0.29) is 54.3 Å². The number of carboxylic acid groups (broad SMARTS) is 1. The Kier molecular flexibility index (Phi) is 12.4. The molecule has 2 unspecified atom stereocenters. The molecule has 1 aromatic carbocycles. The van der Waals surface area contributed by atoms with Crippen molar-refractivity contribution in [3.63, 3.8) is 0 Å². The highest BCUT2D eigenvalue weighted by molar-refractivity contribution is 5.79. The van der Waals surface area contributed by atoms with E-state index in [4.69, 9.17) is 29.4 Å². The average Bonchev–Trinajstić information content (AvgIpc) is 2.81. The van der Waals surface area contributed by atoms with Crippen molar-refractivity contribution < 1.29 is 48.0 Å². The Morgan fingerprint density at radius 2 is 1.38 bits per heavy atom. The van der Waals surface area contributed by atoms with Crippen LogP contribution in [-0.4, -0.2) is 54.2 Å². The third-order valence-corrected chi connectivity index (χ3v) is 5.57. The Morgan fingerprint density at radius 3 is 1.82 bits per heavy atom. The van der Waals surface area contributed by atoms with Crippen molar-refractivity contribution in [1.82, 2.24) is 0 Å². The zero-order chi connectivity index (χ0) is 30.9. The lowest BCUT2D eigenvalue weighted by molar-refractivity contribution is -0.156. The van der Waals surface area contributed by atoms with Gasteiger partial charge in [0.05, 0.1) is 19.1 Å². The Hall–Kier alpha value is -3.34. The van der Waals surface area contributed by atoms with Crippen LogP contribution in [0.3, 0.4) is 0 Å². The molecular formula is C29H45NO10. The molecule has 11 heteroatoms. The van der Waals surface area contributed by atoms with E-state index in [0.29, 0.717) is 12.0 Å². The highest BCUT2D eigenvalue weighted by Gasteiger charge is 2.37. The van der Waals surface area contributed by atoms with Gasteiger partial charge in [0, 0.05) is 12.8 Å². The molecule has 226 valence electrons. The van der Waals surface area contributed by atoms with Crippen molar-refractivity contribution in [3.05, 3.63) is 23.8 Å². The summed E-state index contributed by atoms with van der Waals surface area (Å²) >= 11 is 0. The fourth-order valence-corrected chi connectivity index (χ4v) is 3.25. The molecule has 3 N–H and O–H groups in total. The minimum atomic E-state index is -1.83. The predicted octanol–water partition coefficient (Wildman–Crippen LogP) is 5.50. The minimum Gasteiger partial charge on any atom is -0.480 e. The van der Waals surface area contributed by atoms with E-state index < -0.39 is 35.9 Å². The summed E-state index contributed by atoms with van der Waals surface area (Å²) in [6, 6.07) is 4.17. The topological polar surface area (TPSA) is 161 Å². The van der Waals surface area contributed by atoms with Gasteiger partial charge >= 0.3 is 24.2 Å². The van der Waals surface area contributed by atoms with Crippen molar-refractivity contribution in [2.24, 2.45) is 22.5 Å². The lowest BCUT2D eigenvalue weighted by atomic mass is 9.86. The summed E-state index contributed by atoms with van der Waals surface area (Å²) in [4.78, 5) is 49.0. The number of ether oxygens (including phenoxy) is 5. The van der Waals surface area contributed by atoms with Gasteiger partial charge in [-0.15, -0.1) is 0 Å². The predicted molar refractivity (Wildman–Crippen MR) is 147 cm³/mol. The van der Waals surface area contributed by atoms with Crippen LogP contribution < -0.4 is 15.2 Å². The number of hydrogen-bond acceptors (Lipinski definition) is 10. The zero-order valence-electron chi connectivity index (χ0n) is 25.1. The third kappa shape index (κ3) is 12.7. The number of carboxylic acids is 1. The van der Waals surface area contributed by atoms with Gasteiger partial charge in [0.2, 0.25) is 0 Å². The second kappa shape index (κ2) is 14.3. The maximum absolute atomic E-state index is 12.4. The maximum atomic E-state index is 12.4. The van der Waals surface area contributed by atoms with Crippen LogP contribution in [0.5, 0.6) is 11.5 Å². The number of benzene rings is 1. The van der Waals surface area contributed by atoms with Gasteiger partial charge in [-0.25, -0.2) is 9.59 Å². The molecule has 40 heavy (non-hydrogen) atoms. The molecule has 0 aliphatic carbocycles. The lowest BCUT2D eigenvalue weighted by Crippen LogP contribution is -2.52. The summed E-state index contributed by atoms with van der Waals surface area (Å²) in [7, 11) is 0. The van der Waals surface area contributed by atoms with Gasteiger partial charge in [-0.05, 0) is 41.9 Å². The molecule has 0 aliphatic rings. The Bertz CT molecular complexity index is 1040. The molecule has 0 bridgehead atoms. The zero-order valence-corrected chi connectivity index (χ0v) is 25.1. The largest absolute Gasteiger partial charge is 0.513 e. The van der Waals surface area contributed by atoms with E-state index in [1.54, 1.807) is 13.8 Å². The van der Waals surface area contributed by atoms with E-state index >= 15 is 0 Å². The number of carbonyl (C=O) groups excluding carboxylic acids is 3. The third-order valence-electron chi connectivity index (χ3n) is 5.57. The van der Waals surface area contributed by atoms with Gasteiger partial charge in [-0.2, -0.15) is 0 Å². The molecule has 0 amide bonds. The first-order chi connectivity index (χ1) is 18.2. The van der Waals surface area contributed by atoms with Crippen LogP contribution in [0.1, 0.15) is 80.7 Å². The molecule has 0 aliphatic heterocycles. The molecule has 1 rings (SSSR count).